The van der Waals surface area contributed by atoms with E-state index in [-0.39, 0.29) is 18.6 Å². The van der Waals surface area contributed by atoms with Crippen molar-refractivity contribution in [1.82, 2.24) is 10.6 Å². The Morgan fingerprint density at radius 1 is 1.00 bits per heavy atom. The average molecular weight is 411 g/mol. The van der Waals surface area contributed by atoms with E-state index in [1.54, 1.807) is 0 Å². The molecule has 2 amide bonds. The Labute approximate surface area is 166 Å². The number of phenols is 1. The molecule has 1 rings (SSSR count). The molecule has 160 valence electrons. The summed E-state index contributed by atoms with van der Waals surface area (Å²) in [6.45, 7) is 1.30. The van der Waals surface area contributed by atoms with Crippen molar-refractivity contribution in [2.45, 2.75) is 50.4 Å². The van der Waals surface area contributed by atoms with Gasteiger partial charge in [0.1, 0.15) is 23.9 Å². The second-order valence-electron chi connectivity index (χ2n) is 6.53. The summed E-state index contributed by atoms with van der Waals surface area (Å²) in [6.07, 6.45) is -2.06. The molecule has 0 spiro atoms. The van der Waals surface area contributed by atoms with Gasteiger partial charge in [-0.1, -0.05) is 12.1 Å². The van der Waals surface area contributed by atoms with Crippen LogP contribution in [0.3, 0.4) is 0 Å². The monoisotopic (exact) mass is 411 g/mol. The zero-order valence-corrected chi connectivity index (χ0v) is 15.7. The fraction of sp³-hybridized carbons (Fsp3) is 0.444. The molecule has 0 bridgehead atoms. The lowest BCUT2D eigenvalue weighted by atomic mass is 10.0. The summed E-state index contributed by atoms with van der Waals surface area (Å²) in [6, 6.07) is 1.74. The molecule has 0 saturated carbocycles. The Hall–Kier alpha value is -3.18. The fourth-order valence-electron chi connectivity index (χ4n) is 2.36. The number of amides is 2. The van der Waals surface area contributed by atoms with Gasteiger partial charge in [0.25, 0.3) is 0 Å². The van der Waals surface area contributed by atoms with Gasteiger partial charge in [0.15, 0.2) is 0 Å². The molecule has 0 aliphatic heterocycles. The zero-order valence-electron chi connectivity index (χ0n) is 15.7. The number of carboxylic acids is 2. The van der Waals surface area contributed by atoms with Crippen molar-refractivity contribution in [1.29, 1.82) is 0 Å². The minimum absolute atomic E-state index is 0.00507. The van der Waals surface area contributed by atoms with Crippen molar-refractivity contribution < 1.29 is 39.6 Å². The third-order valence-corrected chi connectivity index (χ3v) is 4.09. The molecule has 1 aromatic carbocycles. The van der Waals surface area contributed by atoms with Crippen LogP contribution in [0.25, 0.3) is 0 Å². The van der Waals surface area contributed by atoms with Gasteiger partial charge < -0.3 is 36.8 Å². The predicted molar refractivity (Wildman–Crippen MR) is 99.8 cm³/mol. The first kappa shape index (κ1) is 23.9. The van der Waals surface area contributed by atoms with E-state index in [9.17, 15) is 34.5 Å². The van der Waals surface area contributed by atoms with Gasteiger partial charge in [-0.2, -0.15) is 0 Å². The van der Waals surface area contributed by atoms with E-state index in [0.717, 1.165) is 0 Å². The Morgan fingerprint density at radius 2 is 1.55 bits per heavy atom. The van der Waals surface area contributed by atoms with Gasteiger partial charge in [-0.3, -0.25) is 14.4 Å². The van der Waals surface area contributed by atoms with Crippen LogP contribution in [0.2, 0.25) is 0 Å². The minimum Gasteiger partial charge on any atom is -0.508 e. The van der Waals surface area contributed by atoms with E-state index in [4.69, 9.17) is 10.8 Å². The quantitative estimate of drug-likeness (QED) is 0.228. The van der Waals surface area contributed by atoms with Crippen molar-refractivity contribution in [2.75, 3.05) is 0 Å². The molecule has 0 aromatic heterocycles. The van der Waals surface area contributed by atoms with Crippen LogP contribution in [0.5, 0.6) is 5.75 Å². The lowest BCUT2D eigenvalue weighted by Crippen LogP contribution is -2.57. The highest BCUT2D eigenvalue weighted by molar-refractivity contribution is 5.92. The number of aliphatic hydroxyl groups excluding tert-OH is 1. The topological polar surface area (TPSA) is 199 Å². The first-order valence-corrected chi connectivity index (χ1v) is 8.78. The molecule has 1 aromatic rings. The number of rotatable bonds is 11. The average Bonchev–Trinajstić information content (AvgIpc) is 2.64. The van der Waals surface area contributed by atoms with Gasteiger partial charge in [-0.05, 0) is 31.0 Å². The standard InChI is InChI=1S/C18H25N3O8/c1-9(22)15(19)17(27)21-13(8-10-2-4-11(23)5-3-10)16(26)20-12(18(28)29)6-7-14(24)25/h2-5,9,12-13,15,22-23H,6-8,19H2,1H3,(H,20,26)(H,21,27)(H,24,25)(H,28,29)/t9-,12+,13+,15+/m1/s1. The third-order valence-electron chi connectivity index (χ3n) is 4.09. The normalized spacial score (nSPS) is 14.9. The number of carbonyl (C=O) groups is 4. The van der Waals surface area contributed by atoms with Gasteiger partial charge in [0.05, 0.1) is 6.10 Å². The van der Waals surface area contributed by atoms with E-state index >= 15 is 0 Å². The number of hydrogen-bond donors (Lipinski definition) is 7. The van der Waals surface area contributed by atoms with Crippen LogP contribution < -0.4 is 16.4 Å². The molecule has 0 aliphatic carbocycles. The molecule has 0 saturated heterocycles. The number of carbonyl (C=O) groups excluding carboxylic acids is 2. The highest BCUT2D eigenvalue weighted by atomic mass is 16.4. The van der Waals surface area contributed by atoms with E-state index in [1.807, 2.05) is 0 Å². The molecule has 0 radical (unpaired) electrons. The van der Waals surface area contributed by atoms with Crippen LogP contribution in [-0.4, -0.2) is 68.4 Å². The molecule has 4 atom stereocenters. The van der Waals surface area contributed by atoms with Crippen molar-refractivity contribution in [3.63, 3.8) is 0 Å². The van der Waals surface area contributed by atoms with Crippen LogP contribution in [0.1, 0.15) is 25.3 Å². The summed E-state index contributed by atoms with van der Waals surface area (Å²) < 4.78 is 0. The van der Waals surface area contributed by atoms with Crippen molar-refractivity contribution >= 4 is 23.8 Å². The fourth-order valence-corrected chi connectivity index (χ4v) is 2.36. The number of carboxylic acid groups (broad SMARTS) is 2. The summed E-state index contributed by atoms with van der Waals surface area (Å²) in [5.41, 5.74) is 6.11. The molecule has 0 unspecified atom stereocenters. The Morgan fingerprint density at radius 3 is 2.03 bits per heavy atom. The van der Waals surface area contributed by atoms with Crippen LogP contribution in [0, 0.1) is 0 Å². The maximum absolute atomic E-state index is 12.6. The molecule has 0 aliphatic rings. The van der Waals surface area contributed by atoms with Gasteiger partial charge in [0, 0.05) is 12.8 Å². The number of hydrogen-bond acceptors (Lipinski definition) is 7. The highest BCUT2D eigenvalue weighted by Gasteiger charge is 2.29. The largest absolute Gasteiger partial charge is 0.508 e. The van der Waals surface area contributed by atoms with E-state index in [2.05, 4.69) is 10.6 Å². The van der Waals surface area contributed by atoms with E-state index in [1.165, 1.54) is 31.2 Å². The number of nitrogens with two attached hydrogens (primary N) is 1. The molecule has 29 heavy (non-hydrogen) atoms. The molecule has 8 N–H and O–H groups in total. The zero-order chi connectivity index (χ0) is 22.1. The number of benzene rings is 1. The number of aliphatic carboxylic acids is 2. The summed E-state index contributed by atoms with van der Waals surface area (Å²) in [5, 5.41) is 41.3. The second kappa shape index (κ2) is 11.0. The number of nitrogens with one attached hydrogen (secondary N) is 2. The van der Waals surface area contributed by atoms with Crippen LogP contribution in [0.4, 0.5) is 0 Å². The van der Waals surface area contributed by atoms with Crippen molar-refractivity contribution in [3.05, 3.63) is 29.8 Å². The van der Waals surface area contributed by atoms with Crippen molar-refractivity contribution in [3.8, 4) is 5.75 Å². The number of phenolic OH excluding ortho intramolecular Hbond substituents is 1. The summed E-state index contributed by atoms with van der Waals surface area (Å²) in [5.74, 6) is -4.33. The number of aliphatic hydroxyl groups is 1. The maximum atomic E-state index is 12.6. The second-order valence-corrected chi connectivity index (χ2v) is 6.53. The first-order chi connectivity index (χ1) is 13.5. The lowest BCUT2D eigenvalue weighted by molar-refractivity contribution is -0.143. The minimum atomic E-state index is -1.47. The third kappa shape index (κ3) is 8.15. The SMILES string of the molecule is C[C@@H](O)[C@H](N)C(=O)N[C@@H](Cc1ccc(O)cc1)C(=O)N[C@@H](CCC(=O)O)C(=O)O. The summed E-state index contributed by atoms with van der Waals surface area (Å²) >= 11 is 0. The summed E-state index contributed by atoms with van der Waals surface area (Å²) in [7, 11) is 0. The van der Waals surface area contributed by atoms with Crippen LogP contribution >= 0.6 is 0 Å². The number of aromatic hydroxyl groups is 1. The first-order valence-electron chi connectivity index (χ1n) is 8.78. The molecule has 0 heterocycles. The van der Waals surface area contributed by atoms with Crippen LogP contribution in [0.15, 0.2) is 24.3 Å². The van der Waals surface area contributed by atoms with E-state index in [0.29, 0.717) is 5.56 Å². The Kier molecular flexibility index (Phi) is 9.03. The Balaban J connectivity index is 2.98. The summed E-state index contributed by atoms with van der Waals surface area (Å²) in [4.78, 5) is 46.8. The maximum Gasteiger partial charge on any atom is 0.326 e. The van der Waals surface area contributed by atoms with Gasteiger partial charge >= 0.3 is 11.9 Å². The lowest BCUT2D eigenvalue weighted by Gasteiger charge is -2.23. The van der Waals surface area contributed by atoms with Crippen LogP contribution in [-0.2, 0) is 25.6 Å². The molecule has 0 fully saturated rings. The molecular formula is C18H25N3O8. The molecular weight excluding hydrogens is 386 g/mol. The molecule has 11 heteroatoms. The van der Waals surface area contributed by atoms with Crippen molar-refractivity contribution in [2.24, 2.45) is 5.73 Å². The Bertz CT molecular complexity index is 735. The highest BCUT2D eigenvalue weighted by Crippen LogP contribution is 2.12. The van der Waals surface area contributed by atoms with E-state index < -0.39 is 54.4 Å². The smallest absolute Gasteiger partial charge is 0.326 e. The van der Waals surface area contributed by atoms with Gasteiger partial charge in [0.2, 0.25) is 11.8 Å². The van der Waals surface area contributed by atoms with Gasteiger partial charge in [-0.25, -0.2) is 4.79 Å². The predicted octanol–water partition coefficient (Wildman–Crippen LogP) is -1.44. The molecule has 11 nitrogen and oxygen atoms in total. The van der Waals surface area contributed by atoms with Gasteiger partial charge in [-0.15, -0.1) is 0 Å².